The van der Waals surface area contributed by atoms with E-state index in [-0.39, 0.29) is 10.5 Å². The van der Waals surface area contributed by atoms with Gasteiger partial charge in [0.15, 0.2) is 5.78 Å². The van der Waals surface area contributed by atoms with Crippen molar-refractivity contribution in [3.8, 4) is 0 Å². The number of ketones is 1. The smallest absolute Gasteiger partial charge is 0.336 e. The molecule has 0 amide bonds. The molecule has 0 unspecified atom stereocenters. The Balaban J connectivity index is 2.60. The Morgan fingerprint density at radius 1 is 0.957 bits per heavy atom. The third-order valence-electron chi connectivity index (χ3n) is 3.52. The van der Waals surface area contributed by atoms with Crippen molar-refractivity contribution in [2.24, 2.45) is 0 Å². The van der Waals surface area contributed by atoms with E-state index < -0.39 is 26.4 Å². The van der Waals surface area contributed by atoms with Crippen LogP contribution in [-0.2, 0) is 9.05 Å². The molecule has 120 valence electrons. The Morgan fingerprint density at radius 3 is 2.13 bits per heavy atom. The van der Waals surface area contributed by atoms with Crippen LogP contribution in [0.5, 0.6) is 0 Å². The van der Waals surface area contributed by atoms with Crippen LogP contribution in [0.3, 0.4) is 0 Å². The van der Waals surface area contributed by atoms with Gasteiger partial charge in [0.05, 0.1) is 10.5 Å². The van der Waals surface area contributed by atoms with E-state index in [0.717, 1.165) is 29.3 Å². The van der Waals surface area contributed by atoms with E-state index in [1.807, 2.05) is 13.8 Å². The molecule has 0 aromatic heterocycles. The molecule has 0 heterocycles. The highest BCUT2D eigenvalue weighted by atomic mass is 35.7. The van der Waals surface area contributed by atoms with E-state index in [1.165, 1.54) is 0 Å². The molecular weight excluding hydrogens is 340 g/mol. The maximum Gasteiger partial charge on any atom is 0.336 e. The number of carbonyl (C=O) groups excluding carboxylic acids is 1. The lowest BCUT2D eigenvalue weighted by Crippen LogP contribution is -2.11. The van der Waals surface area contributed by atoms with Crippen LogP contribution < -0.4 is 0 Å². The summed E-state index contributed by atoms with van der Waals surface area (Å²) < 4.78 is 22.7. The Bertz CT molecular complexity index is 916. The SMILES string of the molecule is Cc1ccc(C(=O)c2ccc(S(=O)(=O)Cl)cc2C(=O)O)cc1C. The molecule has 0 fully saturated rings. The summed E-state index contributed by atoms with van der Waals surface area (Å²) in [7, 11) is 1.14. The highest BCUT2D eigenvalue weighted by molar-refractivity contribution is 8.13. The molecule has 1 N–H and O–H groups in total. The van der Waals surface area contributed by atoms with Gasteiger partial charge < -0.3 is 5.11 Å². The maximum atomic E-state index is 12.6. The second-order valence-corrected chi connectivity index (χ2v) is 7.64. The Labute approximate surface area is 137 Å². The number of carboxylic acids is 1. The van der Waals surface area contributed by atoms with Crippen LogP contribution in [0, 0.1) is 13.8 Å². The zero-order valence-electron chi connectivity index (χ0n) is 12.3. The number of aryl methyl sites for hydroxylation is 2. The molecule has 5 nitrogen and oxygen atoms in total. The first kappa shape index (κ1) is 17.2. The largest absolute Gasteiger partial charge is 0.478 e. The molecule has 0 radical (unpaired) electrons. The molecule has 0 aliphatic rings. The number of aromatic carboxylic acids is 1. The number of halogens is 1. The second kappa shape index (κ2) is 6.14. The van der Waals surface area contributed by atoms with Crippen LogP contribution in [0.2, 0.25) is 0 Å². The molecule has 0 saturated carbocycles. The van der Waals surface area contributed by atoms with Crippen molar-refractivity contribution in [2.45, 2.75) is 18.7 Å². The van der Waals surface area contributed by atoms with E-state index in [9.17, 15) is 23.1 Å². The minimum atomic E-state index is -4.08. The number of carbonyl (C=O) groups is 2. The predicted octanol–water partition coefficient (Wildman–Crippen LogP) is 3.16. The van der Waals surface area contributed by atoms with Crippen molar-refractivity contribution >= 4 is 31.5 Å². The molecule has 7 heteroatoms. The molecule has 0 bridgehead atoms. The molecular formula is C16H13ClO5S. The maximum absolute atomic E-state index is 12.6. The summed E-state index contributed by atoms with van der Waals surface area (Å²) >= 11 is 0. The van der Waals surface area contributed by atoms with Gasteiger partial charge in [0.1, 0.15) is 0 Å². The van der Waals surface area contributed by atoms with E-state index >= 15 is 0 Å². The van der Waals surface area contributed by atoms with Crippen LogP contribution in [0.15, 0.2) is 41.3 Å². The number of carboxylic acid groups (broad SMARTS) is 1. The molecule has 0 atom stereocenters. The van der Waals surface area contributed by atoms with Gasteiger partial charge in [0, 0.05) is 21.8 Å². The first-order valence-electron chi connectivity index (χ1n) is 6.55. The quantitative estimate of drug-likeness (QED) is 0.674. The summed E-state index contributed by atoms with van der Waals surface area (Å²) in [6.45, 7) is 3.74. The molecule has 0 aliphatic heterocycles. The number of hydrogen-bond acceptors (Lipinski definition) is 4. The van der Waals surface area contributed by atoms with Crippen molar-refractivity contribution in [1.82, 2.24) is 0 Å². The highest BCUT2D eigenvalue weighted by Crippen LogP contribution is 2.22. The third-order valence-corrected chi connectivity index (χ3v) is 4.87. The fourth-order valence-corrected chi connectivity index (χ4v) is 2.87. The van der Waals surface area contributed by atoms with Crippen molar-refractivity contribution in [1.29, 1.82) is 0 Å². The van der Waals surface area contributed by atoms with E-state index in [4.69, 9.17) is 10.7 Å². The first-order chi connectivity index (χ1) is 10.6. The monoisotopic (exact) mass is 352 g/mol. The standard InChI is InChI=1S/C16H13ClO5S/c1-9-3-4-11(7-10(9)2)15(18)13-6-5-12(23(17,21)22)8-14(13)16(19)20/h3-8H,1-2H3,(H,19,20). The van der Waals surface area contributed by atoms with E-state index in [1.54, 1.807) is 18.2 Å². The highest BCUT2D eigenvalue weighted by Gasteiger charge is 2.21. The van der Waals surface area contributed by atoms with Gasteiger partial charge in [-0.25, -0.2) is 13.2 Å². The summed E-state index contributed by atoms with van der Waals surface area (Å²) in [6.07, 6.45) is 0. The molecule has 0 saturated heterocycles. The Kier molecular flexibility index (Phi) is 4.58. The number of hydrogen-bond donors (Lipinski definition) is 1. The van der Waals surface area contributed by atoms with Crippen LogP contribution in [0.25, 0.3) is 0 Å². The summed E-state index contributed by atoms with van der Waals surface area (Å²) in [4.78, 5) is 23.6. The molecule has 2 rings (SSSR count). The van der Waals surface area contributed by atoms with E-state index in [2.05, 4.69) is 0 Å². The summed E-state index contributed by atoms with van der Waals surface area (Å²) in [5.74, 6) is -1.90. The summed E-state index contributed by atoms with van der Waals surface area (Å²) in [6, 6.07) is 8.19. The van der Waals surface area contributed by atoms with Crippen LogP contribution in [0.1, 0.15) is 37.4 Å². The molecule has 2 aromatic carbocycles. The minimum absolute atomic E-state index is 0.0928. The van der Waals surface area contributed by atoms with Gasteiger partial charge in [-0.3, -0.25) is 4.79 Å². The normalized spacial score (nSPS) is 11.3. The van der Waals surface area contributed by atoms with Gasteiger partial charge in [-0.05, 0) is 49.2 Å². The van der Waals surface area contributed by atoms with Gasteiger partial charge in [0.2, 0.25) is 0 Å². The summed E-state index contributed by atoms with van der Waals surface area (Å²) in [5.41, 5.74) is 1.73. The molecule has 23 heavy (non-hydrogen) atoms. The number of benzene rings is 2. The topological polar surface area (TPSA) is 88.5 Å². The van der Waals surface area contributed by atoms with Crippen molar-refractivity contribution in [3.05, 3.63) is 64.2 Å². The molecule has 0 aliphatic carbocycles. The van der Waals surface area contributed by atoms with Crippen molar-refractivity contribution < 1.29 is 23.1 Å². The third kappa shape index (κ3) is 3.60. The van der Waals surface area contributed by atoms with Crippen molar-refractivity contribution in [3.63, 3.8) is 0 Å². The summed E-state index contributed by atoms with van der Waals surface area (Å²) in [5, 5.41) is 9.26. The lowest BCUT2D eigenvalue weighted by Gasteiger charge is -2.08. The second-order valence-electron chi connectivity index (χ2n) is 5.08. The Morgan fingerprint density at radius 2 is 1.61 bits per heavy atom. The van der Waals surface area contributed by atoms with Gasteiger partial charge in [-0.1, -0.05) is 12.1 Å². The zero-order valence-corrected chi connectivity index (χ0v) is 13.9. The predicted molar refractivity (Wildman–Crippen MR) is 85.8 cm³/mol. The van der Waals surface area contributed by atoms with Gasteiger partial charge in [0.25, 0.3) is 9.05 Å². The van der Waals surface area contributed by atoms with Crippen LogP contribution >= 0.6 is 10.7 Å². The van der Waals surface area contributed by atoms with Gasteiger partial charge >= 0.3 is 5.97 Å². The average molecular weight is 353 g/mol. The lowest BCUT2D eigenvalue weighted by molar-refractivity contribution is 0.0692. The molecule has 0 spiro atoms. The first-order valence-corrected chi connectivity index (χ1v) is 8.86. The van der Waals surface area contributed by atoms with Crippen LogP contribution in [0.4, 0.5) is 0 Å². The van der Waals surface area contributed by atoms with Gasteiger partial charge in [-0.15, -0.1) is 0 Å². The van der Waals surface area contributed by atoms with Crippen molar-refractivity contribution in [2.75, 3.05) is 0 Å². The fourth-order valence-electron chi connectivity index (χ4n) is 2.09. The van der Waals surface area contributed by atoms with Gasteiger partial charge in [-0.2, -0.15) is 0 Å². The zero-order chi connectivity index (χ0) is 17.4. The lowest BCUT2D eigenvalue weighted by atomic mass is 9.96. The Hall–Kier alpha value is -2.18. The number of rotatable bonds is 4. The molecule has 2 aromatic rings. The average Bonchev–Trinajstić information content (AvgIpc) is 2.47. The fraction of sp³-hybridized carbons (Fsp3) is 0.125. The minimum Gasteiger partial charge on any atom is -0.478 e. The van der Waals surface area contributed by atoms with E-state index in [0.29, 0.717) is 5.56 Å². The van der Waals surface area contributed by atoms with Crippen LogP contribution in [-0.4, -0.2) is 25.3 Å².